The molecule has 10 nitrogen and oxygen atoms in total. The third-order valence-electron chi connectivity index (χ3n) is 10.6. The molecular formula is C42H52N6O4. The molecule has 2 fully saturated rings. The van der Waals surface area contributed by atoms with Gasteiger partial charge in [-0.25, -0.2) is 4.98 Å². The molecule has 0 spiro atoms. The highest BCUT2D eigenvalue weighted by Crippen LogP contribution is 2.37. The molecule has 2 N–H and O–H groups in total. The molecule has 6 rings (SSSR count). The molecule has 52 heavy (non-hydrogen) atoms. The number of methoxy groups -OCH3 is 2. The van der Waals surface area contributed by atoms with Crippen LogP contribution in [-0.2, 0) is 22.7 Å². The summed E-state index contributed by atoms with van der Waals surface area (Å²) in [4.78, 5) is 37.6. The summed E-state index contributed by atoms with van der Waals surface area (Å²) in [5.74, 6) is 1.57. The number of amides is 2. The first-order chi connectivity index (χ1) is 25.1. The number of piperidine rings is 2. The van der Waals surface area contributed by atoms with Gasteiger partial charge in [0.2, 0.25) is 17.7 Å². The van der Waals surface area contributed by atoms with Gasteiger partial charge in [0.25, 0.3) is 0 Å². The van der Waals surface area contributed by atoms with Crippen LogP contribution in [0.15, 0.2) is 60.8 Å². The Hall–Kier alpha value is -4.80. The maximum atomic E-state index is 11.5. The van der Waals surface area contributed by atoms with Gasteiger partial charge in [-0.2, -0.15) is 0 Å². The van der Waals surface area contributed by atoms with Crippen molar-refractivity contribution in [2.75, 3.05) is 40.4 Å². The Morgan fingerprint density at radius 1 is 0.731 bits per heavy atom. The smallest absolute Gasteiger partial charge is 0.218 e. The maximum Gasteiger partial charge on any atom is 0.218 e. The van der Waals surface area contributed by atoms with Gasteiger partial charge in [0, 0.05) is 93.7 Å². The molecule has 0 saturated carbocycles. The summed E-state index contributed by atoms with van der Waals surface area (Å²) in [6.45, 7) is 12.7. The molecule has 2 aromatic heterocycles. The molecule has 0 atom stereocenters. The van der Waals surface area contributed by atoms with Crippen LogP contribution in [0.5, 0.6) is 11.6 Å². The average molecular weight is 705 g/mol. The Labute approximate surface area is 307 Å². The van der Waals surface area contributed by atoms with Crippen LogP contribution in [0.25, 0.3) is 33.6 Å². The first-order valence-electron chi connectivity index (χ1n) is 18.4. The number of hydrogen-bond acceptors (Lipinski definition) is 8. The molecule has 2 saturated heterocycles. The number of pyridine rings is 2. The van der Waals surface area contributed by atoms with Crippen molar-refractivity contribution in [3.05, 3.63) is 83.0 Å². The lowest BCUT2D eigenvalue weighted by atomic mass is 9.91. The molecule has 2 aromatic carbocycles. The topological polar surface area (TPSA) is 109 Å². The molecule has 0 radical (unpaired) electrons. The van der Waals surface area contributed by atoms with Crippen molar-refractivity contribution < 1.29 is 19.1 Å². The fourth-order valence-electron chi connectivity index (χ4n) is 7.79. The zero-order valence-corrected chi connectivity index (χ0v) is 31.4. The van der Waals surface area contributed by atoms with E-state index >= 15 is 0 Å². The second-order valence-electron chi connectivity index (χ2n) is 14.2. The molecule has 2 amide bonds. The predicted molar refractivity (Wildman–Crippen MR) is 205 cm³/mol. The normalized spacial score (nSPS) is 16.0. The Kier molecular flexibility index (Phi) is 11.9. The van der Waals surface area contributed by atoms with E-state index in [1.807, 2.05) is 6.20 Å². The second kappa shape index (κ2) is 16.7. The highest BCUT2D eigenvalue weighted by atomic mass is 16.5. The predicted octanol–water partition coefficient (Wildman–Crippen LogP) is 6.31. The lowest BCUT2D eigenvalue weighted by Gasteiger charge is -2.32. The number of nitrogens with one attached hydrogen (secondary N) is 2. The molecule has 0 bridgehead atoms. The van der Waals surface area contributed by atoms with Gasteiger partial charge >= 0.3 is 0 Å². The number of likely N-dealkylation sites (tertiary alicyclic amines) is 2. The number of aromatic nitrogens is 2. The van der Waals surface area contributed by atoms with Crippen molar-refractivity contribution in [3.63, 3.8) is 0 Å². The van der Waals surface area contributed by atoms with Gasteiger partial charge in [0.15, 0.2) is 0 Å². The summed E-state index contributed by atoms with van der Waals surface area (Å²) >= 11 is 0. The number of benzene rings is 2. The third-order valence-corrected chi connectivity index (χ3v) is 10.6. The van der Waals surface area contributed by atoms with Crippen molar-refractivity contribution in [3.8, 4) is 45.3 Å². The first-order valence-corrected chi connectivity index (χ1v) is 18.4. The lowest BCUT2D eigenvalue weighted by Crippen LogP contribution is -2.43. The van der Waals surface area contributed by atoms with Crippen LogP contribution in [0.1, 0.15) is 61.8 Å². The zero-order chi connectivity index (χ0) is 36.8. The minimum absolute atomic E-state index is 0.0365. The molecule has 2 aliphatic heterocycles. The van der Waals surface area contributed by atoms with Crippen LogP contribution in [0, 0.1) is 13.8 Å². The van der Waals surface area contributed by atoms with Gasteiger partial charge in [0.05, 0.1) is 25.6 Å². The number of ether oxygens (including phenoxy) is 2. The van der Waals surface area contributed by atoms with E-state index < -0.39 is 0 Å². The van der Waals surface area contributed by atoms with E-state index in [0.29, 0.717) is 5.88 Å². The summed E-state index contributed by atoms with van der Waals surface area (Å²) in [5, 5.41) is 6.11. The van der Waals surface area contributed by atoms with Crippen molar-refractivity contribution in [2.24, 2.45) is 0 Å². The number of hydrogen-bond donors (Lipinski definition) is 2. The summed E-state index contributed by atoms with van der Waals surface area (Å²) in [6, 6.07) is 19.6. The highest BCUT2D eigenvalue weighted by Gasteiger charge is 2.23. The van der Waals surface area contributed by atoms with Gasteiger partial charge in [-0.05, 0) is 80.0 Å². The van der Waals surface area contributed by atoms with Crippen LogP contribution in [-0.4, -0.2) is 84.1 Å². The number of rotatable bonds is 11. The fraction of sp³-hybridized carbons (Fsp3) is 0.429. The van der Waals surface area contributed by atoms with Crippen LogP contribution in [0.3, 0.4) is 0 Å². The standard InChI is InChI=1S/C42H52N6O4/c1-27-36(8-7-9-38(27)39-13-12-33(42(46-39)52-6)26-48-22-17-35(18-23-48)45-30(4)50)37-14-19-43-41(28(37)2)31-10-11-32(40(24-31)51-5)25-47-20-15-34(16-21-47)44-29(3)49/h7-14,19,24,34-35H,15-18,20-23,25-26H2,1-6H3,(H,44,49)(H,45,50). The van der Waals surface area contributed by atoms with Crippen LogP contribution in [0.2, 0.25) is 0 Å². The summed E-state index contributed by atoms with van der Waals surface area (Å²) in [6.07, 6.45) is 5.67. The van der Waals surface area contributed by atoms with Crippen molar-refractivity contribution in [1.82, 2.24) is 30.4 Å². The minimum atomic E-state index is 0.0365. The number of carbonyl (C=O) groups excluding carboxylic acids is 2. The average Bonchev–Trinajstić information content (AvgIpc) is 3.13. The van der Waals surface area contributed by atoms with Crippen LogP contribution >= 0.6 is 0 Å². The minimum Gasteiger partial charge on any atom is -0.496 e. The van der Waals surface area contributed by atoms with Crippen LogP contribution in [0.4, 0.5) is 0 Å². The van der Waals surface area contributed by atoms with E-state index in [2.05, 4.69) is 88.9 Å². The quantitative estimate of drug-likeness (QED) is 0.187. The molecule has 10 heteroatoms. The zero-order valence-electron chi connectivity index (χ0n) is 31.4. The number of nitrogens with zero attached hydrogens (tertiary/aromatic N) is 4. The highest BCUT2D eigenvalue weighted by molar-refractivity contribution is 5.82. The van der Waals surface area contributed by atoms with E-state index in [9.17, 15) is 9.59 Å². The Balaban J connectivity index is 1.20. The molecule has 0 aliphatic carbocycles. The fourth-order valence-corrected chi connectivity index (χ4v) is 7.79. The third kappa shape index (κ3) is 8.62. The summed E-state index contributed by atoms with van der Waals surface area (Å²) in [7, 11) is 3.41. The van der Waals surface area contributed by atoms with E-state index in [1.54, 1.807) is 28.1 Å². The largest absolute Gasteiger partial charge is 0.496 e. The van der Waals surface area contributed by atoms with Crippen LogP contribution < -0.4 is 20.1 Å². The van der Waals surface area contributed by atoms with Gasteiger partial charge in [0.1, 0.15) is 5.75 Å². The monoisotopic (exact) mass is 704 g/mol. The van der Waals surface area contributed by atoms with Crippen molar-refractivity contribution in [1.29, 1.82) is 0 Å². The summed E-state index contributed by atoms with van der Waals surface area (Å²) < 4.78 is 11.7. The molecule has 274 valence electrons. The second-order valence-corrected chi connectivity index (χ2v) is 14.2. The van der Waals surface area contributed by atoms with Gasteiger partial charge in [-0.3, -0.25) is 24.4 Å². The van der Waals surface area contributed by atoms with Gasteiger partial charge < -0.3 is 20.1 Å². The van der Waals surface area contributed by atoms with E-state index in [1.165, 1.54) is 0 Å². The lowest BCUT2D eigenvalue weighted by molar-refractivity contribution is -0.120. The Morgan fingerprint density at radius 2 is 1.31 bits per heavy atom. The van der Waals surface area contributed by atoms with Crippen molar-refractivity contribution in [2.45, 2.75) is 78.6 Å². The Morgan fingerprint density at radius 3 is 1.90 bits per heavy atom. The van der Waals surface area contributed by atoms with E-state index in [4.69, 9.17) is 19.4 Å². The first kappa shape index (κ1) is 37.0. The molecular weight excluding hydrogens is 652 g/mol. The maximum absolute atomic E-state index is 11.5. The summed E-state index contributed by atoms with van der Waals surface area (Å²) in [5.41, 5.74) is 10.6. The SMILES string of the molecule is COc1cc(-c2nccc(-c3cccc(-c4ccc(CN5CCC(NC(C)=O)CC5)c(OC)n4)c3C)c2C)ccc1CN1CCC(NC(C)=O)CC1. The molecule has 2 aliphatic rings. The van der Waals surface area contributed by atoms with E-state index in [-0.39, 0.29) is 23.9 Å². The van der Waals surface area contributed by atoms with Gasteiger partial charge in [-0.1, -0.05) is 36.4 Å². The number of carbonyl (C=O) groups is 2. The molecule has 4 heterocycles. The molecule has 4 aromatic rings. The Bertz CT molecular complexity index is 1760. The van der Waals surface area contributed by atoms with Gasteiger partial charge in [-0.15, -0.1) is 0 Å². The van der Waals surface area contributed by atoms with E-state index in [0.717, 1.165) is 127 Å². The molecule has 0 unspecified atom stereocenters. The van der Waals surface area contributed by atoms with Crippen molar-refractivity contribution >= 4 is 11.8 Å².